The van der Waals surface area contributed by atoms with Crippen LogP contribution in [0.3, 0.4) is 0 Å². The van der Waals surface area contributed by atoms with Gasteiger partial charge in [0.1, 0.15) is 5.82 Å². The number of amides is 1. The van der Waals surface area contributed by atoms with Gasteiger partial charge in [0.15, 0.2) is 5.78 Å². The molecular formula is C23H25N3O2S. The average molecular weight is 408 g/mol. The number of rotatable bonds is 3. The van der Waals surface area contributed by atoms with Crippen molar-refractivity contribution in [2.75, 3.05) is 5.32 Å². The maximum absolute atomic E-state index is 13.3. The van der Waals surface area contributed by atoms with Crippen LogP contribution >= 0.6 is 11.3 Å². The normalized spacial score (nSPS) is 21.0. The number of aryl methyl sites for hydroxylation is 1. The fraction of sp³-hybridized carbons (Fsp3) is 0.348. The first kappa shape index (κ1) is 19.6. The number of pyridine rings is 1. The van der Waals surface area contributed by atoms with Crippen LogP contribution in [0.15, 0.2) is 58.3 Å². The second-order valence-electron chi connectivity index (χ2n) is 8.56. The molecule has 4 rings (SSSR count). The zero-order valence-electron chi connectivity index (χ0n) is 17.1. The van der Waals surface area contributed by atoms with Crippen LogP contribution in [0, 0.1) is 12.3 Å². The number of ketones is 1. The monoisotopic (exact) mass is 407 g/mol. The smallest absolute Gasteiger partial charge is 0.255 e. The summed E-state index contributed by atoms with van der Waals surface area (Å²) in [7, 11) is 0. The fourth-order valence-electron chi connectivity index (χ4n) is 4.27. The minimum Gasteiger partial charge on any atom is -0.362 e. The Balaban J connectivity index is 1.77. The van der Waals surface area contributed by atoms with E-state index in [0.29, 0.717) is 17.8 Å². The summed E-state index contributed by atoms with van der Waals surface area (Å²) in [5.41, 5.74) is 3.81. The second-order valence-corrected chi connectivity index (χ2v) is 9.54. The van der Waals surface area contributed by atoms with Crippen molar-refractivity contribution in [3.63, 3.8) is 0 Å². The third-order valence-electron chi connectivity index (χ3n) is 5.44. The van der Waals surface area contributed by atoms with Gasteiger partial charge in [-0.05, 0) is 49.3 Å². The van der Waals surface area contributed by atoms with Gasteiger partial charge < -0.3 is 10.6 Å². The van der Waals surface area contributed by atoms with Crippen LogP contribution in [0.25, 0.3) is 0 Å². The molecule has 0 fully saturated rings. The van der Waals surface area contributed by atoms with Crippen molar-refractivity contribution in [3.8, 4) is 0 Å². The van der Waals surface area contributed by atoms with Gasteiger partial charge in [0.25, 0.3) is 5.91 Å². The van der Waals surface area contributed by atoms with Crippen LogP contribution in [0.1, 0.15) is 50.1 Å². The summed E-state index contributed by atoms with van der Waals surface area (Å²) in [4.78, 5) is 31.9. The molecule has 2 aromatic heterocycles. The molecule has 2 aromatic rings. The summed E-state index contributed by atoms with van der Waals surface area (Å²) in [5.74, 6) is 0.0556. The number of allylic oxidation sites excluding steroid dienone is 3. The Kier molecular flexibility index (Phi) is 4.90. The van der Waals surface area contributed by atoms with Crippen molar-refractivity contribution >= 4 is 28.8 Å². The summed E-state index contributed by atoms with van der Waals surface area (Å²) in [5, 5.41) is 8.30. The number of hydrogen-bond donors (Lipinski definition) is 2. The molecule has 6 heteroatoms. The molecule has 0 radical (unpaired) electrons. The first-order valence-electron chi connectivity index (χ1n) is 9.77. The van der Waals surface area contributed by atoms with E-state index >= 15 is 0 Å². The summed E-state index contributed by atoms with van der Waals surface area (Å²) < 4.78 is 0. The number of Topliss-reactive ketones (excluding diaryl/α,β-unsaturated/α-hetero) is 1. The van der Waals surface area contributed by atoms with Gasteiger partial charge in [-0.2, -0.15) is 0 Å². The lowest BCUT2D eigenvalue weighted by Crippen LogP contribution is -2.39. The van der Waals surface area contributed by atoms with Crippen molar-refractivity contribution in [1.29, 1.82) is 0 Å². The van der Waals surface area contributed by atoms with Crippen molar-refractivity contribution in [3.05, 3.63) is 68.8 Å². The number of anilines is 1. The summed E-state index contributed by atoms with van der Waals surface area (Å²) >= 11 is 1.58. The molecule has 0 bridgehead atoms. The van der Waals surface area contributed by atoms with Crippen LogP contribution in [0.2, 0.25) is 0 Å². The average Bonchev–Trinajstić information content (AvgIpc) is 3.13. The third kappa shape index (κ3) is 3.77. The minimum atomic E-state index is -0.348. The molecular weight excluding hydrogens is 382 g/mol. The standard InChI is InChI=1S/C23H25N3O2S/c1-13-7-5-9-18(24-13)26-22(28)19-14(2)25-15-11-23(3,4)12-16(27)20(15)21(19)17-8-6-10-29-17/h5-10,21,25H,11-12H2,1-4H3,(H,24,26,28)/t21-/m0/s1. The van der Waals surface area contributed by atoms with E-state index in [9.17, 15) is 9.59 Å². The van der Waals surface area contributed by atoms with E-state index in [1.54, 1.807) is 17.4 Å². The van der Waals surface area contributed by atoms with E-state index in [1.165, 1.54) is 0 Å². The first-order chi connectivity index (χ1) is 13.7. The van der Waals surface area contributed by atoms with E-state index in [-0.39, 0.29) is 23.0 Å². The number of nitrogens with one attached hydrogen (secondary N) is 2. The SMILES string of the molecule is CC1=C(C(=O)Nc2cccc(C)n2)[C@H](c2cccs2)C2=C(CC(C)(C)CC2=O)N1. The molecule has 1 aliphatic heterocycles. The third-order valence-corrected chi connectivity index (χ3v) is 6.38. The van der Waals surface area contributed by atoms with Gasteiger partial charge in [0.2, 0.25) is 0 Å². The molecule has 0 unspecified atom stereocenters. The first-order valence-corrected chi connectivity index (χ1v) is 10.7. The number of aromatic nitrogens is 1. The number of hydrogen-bond acceptors (Lipinski definition) is 5. The lowest BCUT2D eigenvalue weighted by molar-refractivity contribution is -0.118. The summed E-state index contributed by atoms with van der Waals surface area (Å²) in [6.07, 6.45) is 1.28. The lowest BCUT2D eigenvalue weighted by atomic mass is 9.69. The van der Waals surface area contributed by atoms with E-state index in [2.05, 4.69) is 29.5 Å². The zero-order valence-corrected chi connectivity index (χ0v) is 17.9. The minimum absolute atomic E-state index is 0.0888. The van der Waals surface area contributed by atoms with Gasteiger partial charge in [-0.1, -0.05) is 26.0 Å². The maximum atomic E-state index is 13.3. The van der Waals surface area contributed by atoms with Crippen LogP contribution < -0.4 is 10.6 Å². The Hall–Kier alpha value is -2.73. The van der Waals surface area contributed by atoms with Gasteiger partial charge in [0, 0.05) is 39.5 Å². The number of thiophene rings is 1. The largest absolute Gasteiger partial charge is 0.362 e. The van der Waals surface area contributed by atoms with E-state index in [4.69, 9.17) is 0 Å². The molecule has 1 amide bonds. The molecule has 1 atom stereocenters. The quantitative estimate of drug-likeness (QED) is 0.774. The van der Waals surface area contributed by atoms with Gasteiger partial charge in [-0.15, -0.1) is 11.3 Å². The predicted octanol–water partition coefficient (Wildman–Crippen LogP) is 4.69. The van der Waals surface area contributed by atoms with Crippen molar-refractivity contribution in [2.24, 2.45) is 5.41 Å². The molecule has 0 saturated carbocycles. The van der Waals surface area contributed by atoms with E-state index in [0.717, 1.165) is 34.0 Å². The molecule has 5 nitrogen and oxygen atoms in total. The number of dihydropyridines is 1. The highest BCUT2D eigenvalue weighted by Gasteiger charge is 2.43. The number of carbonyl (C=O) groups excluding carboxylic acids is 2. The topological polar surface area (TPSA) is 71.1 Å². The molecule has 0 spiro atoms. The Labute approximate surface area is 174 Å². The molecule has 29 heavy (non-hydrogen) atoms. The Morgan fingerprint density at radius 3 is 2.69 bits per heavy atom. The molecule has 0 saturated heterocycles. The van der Waals surface area contributed by atoms with Crippen molar-refractivity contribution in [2.45, 2.75) is 46.5 Å². The molecule has 150 valence electrons. The van der Waals surface area contributed by atoms with Crippen LogP contribution in [-0.2, 0) is 9.59 Å². The fourth-order valence-corrected chi connectivity index (χ4v) is 5.12. The Morgan fingerprint density at radius 1 is 1.21 bits per heavy atom. The molecule has 3 heterocycles. The van der Waals surface area contributed by atoms with Crippen LogP contribution in [0.5, 0.6) is 0 Å². The van der Waals surface area contributed by atoms with E-state index in [1.807, 2.05) is 43.5 Å². The summed E-state index contributed by atoms with van der Waals surface area (Å²) in [6, 6.07) is 9.49. The van der Waals surface area contributed by atoms with Crippen LogP contribution in [0.4, 0.5) is 5.82 Å². The Bertz CT molecular complexity index is 1050. The highest BCUT2D eigenvalue weighted by Crippen LogP contribution is 2.47. The van der Waals surface area contributed by atoms with Gasteiger partial charge in [-0.25, -0.2) is 4.98 Å². The number of nitrogens with zero attached hydrogens (tertiary/aromatic N) is 1. The maximum Gasteiger partial charge on any atom is 0.255 e. The van der Waals surface area contributed by atoms with Crippen molar-refractivity contribution in [1.82, 2.24) is 10.3 Å². The van der Waals surface area contributed by atoms with Gasteiger partial charge >= 0.3 is 0 Å². The van der Waals surface area contributed by atoms with Crippen molar-refractivity contribution < 1.29 is 9.59 Å². The molecule has 2 aliphatic rings. The van der Waals surface area contributed by atoms with E-state index < -0.39 is 0 Å². The number of carbonyl (C=O) groups is 2. The molecule has 1 aliphatic carbocycles. The predicted molar refractivity (Wildman–Crippen MR) is 116 cm³/mol. The zero-order chi connectivity index (χ0) is 20.8. The molecule has 0 aromatic carbocycles. The van der Waals surface area contributed by atoms with Gasteiger partial charge in [0.05, 0.1) is 5.92 Å². The highest BCUT2D eigenvalue weighted by atomic mass is 32.1. The summed E-state index contributed by atoms with van der Waals surface area (Å²) in [6.45, 7) is 8.02. The Morgan fingerprint density at radius 2 is 2.00 bits per heavy atom. The van der Waals surface area contributed by atoms with Gasteiger partial charge in [-0.3, -0.25) is 9.59 Å². The lowest BCUT2D eigenvalue weighted by Gasteiger charge is -2.39. The molecule has 2 N–H and O–H groups in total. The van der Waals surface area contributed by atoms with Crippen LogP contribution in [-0.4, -0.2) is 16.7 Å². The highest BCUT2D eigenvalue weighted by molar-refractivity contribution is 7.10. The second kappa shape index (κ2) is 7.26.